The molecule has 5 nitrogen and oxygen atoms in total. The second-order valence-electron chi connectivity index (χ2n) is 6.09. The highest BCUT2D eigenvalue weighted by atomic mass is 32.2. The van der Waals surface area contributed by atoms with Gasteiger partial charge in [-0.15, -0.1) is 0 Å². The number of sulfone groups is 1. The zero-order chi connectivity index (χ0) is 16.9. The number of benzene rings is 1. The van der Waals surface area contributed by atoms with Crippen LogP contribution in [0.25, 0.3) is 16.7 Å². The molecule has 0 atom stereocenters. The minimum atomic E-state index is -3.30. The summed E-state index contributed by atoms with van der Waals surface area (Å²) in [6, 6.07) is 10.3. The van der Waals surface area contributed by atoms with Crippen molar-refractivity contribution in [3.8, 4) is 5.69 Å². The molecule has 0 saturated carbocycles. The van der Waals surface area contributed by atoms with Crippen LogP contribution in [0.15, 0.2) is 52.3 Å². The van der Waals surface area contributed by atoms with E-state index in [4.69, 9.17) is 0 Å². The van der Waals surface area contributed by atoms with Gasteiger partial charge in [0, 0.05) is 29.4 Å². The predicted octanol–water partition coefficient (Wildman–Crippen LogP) is 2.28. The van der Waals surface area contributed by atoms with Crippen molar-refractivity contribution in [3.63, 3.8) is 0 Å². The van der Waals surface area contributed by atoms with Crippen LogP contribution in [0.3, 0.4) is 0 Å². The van der Waals surface area contributed by atoms with Gasteiger partial charge in [-0.05, 0) is 49.6 Å². The van der Waals surface area contributed by atoms with Gasteiger partial charge >= 0.3 is 0 Å². The highest BCUT2D eigenvalue weighted by molar-refractivity contribution is 7.90. The van der Waals surface area contributed by atoms with E-state index in [1.807, 2.05) is 10.6 Å². The molecule has 1 aliphatic rings. The molecule has 6 heteroatoms. The van der Waals surface area contributed by atoms with Crippen LogP contribution in [-0.2, 0) is 22.7 Å². The van der Waals surface area contributed by atoms with Gasteiger partial charge in [0.2, 0.25) is 0 Å². The van der Waals surface area contributed by atoms with Gasteiger partial charge in [0.1, 0.15) is 5.65 Å². The summed E-state index contributed by atoms with van der Waals surface area (Å²) in [5.41, 5.74) is 3.10. The van der Waals surface area contributed by atoms with Crippen molar-refractivity contribution in [1.29, 1.82) is 0 Å². The fourth-order valence-corrected chi connectivity index (χ4v) is 4.05. The van der Waals surface area contributed by atoms with Gasteiger partial charge in [-0.1, -0.05) is 6.07 Å². The minimum absolute atomic E-state index is 0.0427. The first-order valence-electron chi connectivity index (χ1n) is 7.79. The standard InChI is InChI=1S/C18H16N2O3S/c1-24(22,23)13-6-2-5-12(11-13)20-16-9-3-7-14(16)17(21)15-8-4-10-19-18(15)20/h2,4-6,8,10-11H,3,7,9H2,1H3. The van der Waals surface area contributed by atoms with Crippen LogP contribution in [0.2, 0.25) is 0 Å². The third-order valence-corrected chi connectivity index (χ3v) is 5.59. The fourth-order valence-electron chi connectivity index (χ4n) is 3.39. The van der Waals surface area contributed by atoms with Gasteiger partial charge in [-0.25, -0.2) is 13.4 Å². The summed E-state index contributed by atoms with van der Waals surface area (Å²) >= 11 is 0. The molecular formula is C18H16N2O3S. The third-order valence-electron chi connectivity index (χ3n) is 4.48. The number of hydrogen-bond acceptors (Lipinski definition) is 4. The molecule has 4 rings (SSSR count). The molecule has 0 aliphatic heterocycles. The summed E-state index contributed by atoms with van der Waals surface area (Å²) in [4.78, 5) is 17.3. The van der Waals surface area contributed by atoms with Gasteiger partial charge < -0.3 is 0 Å². The van der Waals surface area contributed by atoms with E-state index in [0.717, 1.165) is 36.2 Å². The largest absolute Gasteiger partial charge is 0.298 e. The van der Waals surface area contributed by atoms with Gasteiger partial charge in [-0.3, -0.25) is 9.36 Å². The SMILES string of the molecule is CS(=O)(=O)c1cccc(-n2c3c(c(=O)c4cccnc42)CCC3)c1. The molecule has 0 spiro atoms. The Morgan fingerprint density at radius 2 is 1.96 bits per heavy atom. The maximum atomic E-state index is 12.7. The van der Waals surface area contributed by atoms with Crippen molar-refractivity contribution in [3.05, 3.63) is 64.1 Å². The second kappa shape index (κ2) is 5.27. The van der Waals surface area contributed by atoms with E-state index < -0.39 is 9.84 Å². The molecule has 24 heavy (non-hydrogen) atoms. The van der Waals surface area contributed by atoms with E-state index in [0.29, 0.717) is 11.0 Å². The van der Waals surface area contributed by atoms with E-state index >= 15 is 0 Å². The average molecular weight is 340 g/mol. The molecule has 1 aliphatic carbocycles. The molecule has 2 heterocycles. The van der Waals surface area contributed by atoms with E-state index in [9.17, 15) is 13.2 Å². The molecule has 0 amide bonds. The molecule has 3 aromatic rings. The Kier molecular flexibility index (Phi) is 3.31. The summed E-state index contributed by atoms with van der Waals surface area (Å²) in [6.07, 6.45) is 5.32. The van der Waals surface area contributed by atoms with Crippen molar-refractivity contribution in [2.75, 3.05) is 6.26 Å². The zero-order valence-corrected chi connectivity index (χ0v) is 14.0. The van der Waals surface area contributed by atoms with Gasteiger partial charge in [-0.2, -0.15) is 0 Å². The monoisotopic (exact) mass is 340 g/mol. The van der Waals surface area contributed by atoms with Crippen molar-refractivity contribution in [2.45, 2.75) is 24.2 Å². The summed E-state index contributed by atoms with van der Waals surface area (Å²) in [5, 5.41) is 0.572. The maximum Gasteiger partial charge on any atom is 0.194 e. The highest BCUT2D eigenvalue weighted by Crippen LogP contribution is 2.27. The van der Waals surface area contributed by atoms with Crippen LogP contribution in [0.4, 0.5) is 0 Å². The molecule has 0 N–H and O–H groups in total. The van der Waals surface area contributed by atoms with Crippen LogP contribution in [0.5, 0.6) is 0 Å². The number of hydrogen-bond donors (Lipinski definition) is 0. The molecule has 0 bridgehead atoms. The quantitative estimate of drug-likeness (QED) is 0.718. The first-order chi connectivity index (χ1) is 11.5. The Morgan fingerprint density at radius 3 is 2.75 bits per heavy atom. The number of nitrogens with zero attached hydrogens (tertiary/aromatic N) is 2. The summed E-state index contributed by atoms with van der Waals surface area (Å²) < 4.78 is 25.7. The molecule has 2 aromatic heterocycles. The van der Waals surface area contributed by atoms with Crippen LogP contribution in [0, 0.1) is 0 Å². The Labute approximate surface area is 139 Å². The van der Waals surface area contributed by atoms with Crippen molar-refractivity contribution < 1.29 is 8.42 Å². The predicted molar refractivity (Wildman–Crippen MR) is 92.5 cm³/mol. The number of pyridine rings is 2. The lowest BCUT2D eigenvalue weighted by Gasteiger charge is -2.16. The minimum Gasteiger partial charge on any atom is -0.298 e. The Morgan fingerprint density at radius 1 is 1.12 bits per heavy atom. The highest BCUT2D eigenvalue weighted by Gasteiger charge is 2.23. The van der Waals surface area contributed by atoms with Crippen LogP contribution < -0.4 is 5.43 Å². The van der Waals surface area contributed by atoms with Gasteiger partial charge in [0.15, 0.2) is 15.3 Å². The molecule has 122 valence electrons. The smallest absolute Gasteiger partial charge is 0.194 e. The first kappa shape index (κ1) is 15.1. The summed E-state index contributed by atoms with van der Waals surface area (Å²) in [6.45, 7) is 0. The lowest BCUT2D eigenvalue weighted by molar-refractivity contribution is 0.602. The Hall–Kier alpha value is -2.47. The van der Waals surface area contributed by atoms with E-state index in [1.54, 1.807) is 36.5 Å². The van der Waals surface area contributed by atoms with E-state index in [1.165, 1.54) is 6.26 Å². The molecule has 0 radical (unpaired) electrons. The van der Waals surface area contributed by atoms with Crippen LogP contribution >= 0.6 is 0 Å². The molecule has 0 unspecified atom stereocenters. The Balaban J connectivity index is 2.12. The van der Waals surface area contributed by atoms with Crippen LogP contribution in [0.1, 0.15) is 17.7 Å². The summed E-state index contributed by atoms with van der Waals surface area (Å²) in [5.74, 6) is 0. The normalized spacial score (nSPS) is 14.0. The number of rotatable bonds is 2. The molecule has 0 fully saturated rings. The van der Waals surface area contributed by atoms with E-state index in [-0.39, 0.29) is 10.3 Å². The van der Waals surface area contributed by atoms with E-state index in [2.05, 4.69) is 4.98 Å². The molecule has 0 saturated heterocycles. The zero-order valence-electron chi connectivity index (χ0n) is 13.2. The topological polar surface area (TPSA) is 69.0 Å². The van der Waals surface area contributed by atoms with Gasteiger partial charge in [0.25, 0.3) is 0 Å². The lowest BCUT2D eigenvalue weighted by atomic mass is 10.1. The van der Waals surface area contributed by atoms with Crippen LogP contribution in [-0.4, -0.2) is 24.2 Å². The number of fused-ring (bicyclic) bond motifs is 2. The third kappa shape index (κ3) is 2.26. The average Bonchev–Trinajstić information content (AvgIpc) is 3.04. The van der Waals surface area contributed by atoms with Gasteiger partial charge in [0.05, 0.1) is 10.3 Å². The van der Waals surface area contributed by atoms with Crippen molar-refractivity contribution in [2.24, 2.45) is 0 Å². The fraction of sp³-hybridized carbons (Fsp3) is 0.222. The summed E-state index contributed by atoms with van der Waals surface area (Å²) in [7, 11) is -3.30. The van der Waals surface area contributed by atoms with Crippen molar-refractivity contribution in [1.82, 2.24) is 9.55 Å². The van der Waals surface area contributed by atoms with Crippen molar-refractivity contribution >= 4 is 20.9 Å². The second-order valence-corrected chi connectivity index (χ2v) is 8.10. The number of aromatic nitrogens is 2. The first-order valence-corrected chi connectivity index (χ1v) is 9.68. The molecule has 1 aromatic carbocycles. The lowest BCUT2D eigenvalue weighted by Crippen LogP contribution is -2.17. The Bertz CT molecular complexity index is 1130. The molecular weight excluding hydrogens is 324 g/mol. The maximum absolute atomic E-state index is 12.7.